The predicted octanol–water partition coefficient (Wildman–Crippen LogP) is 1.46. The predicted molar refractivity (Wildman–Crippen MR) is 77.4 cm³/mol. The Morgan fingerprint density at radius 3 is 3.00 bits per heavy atom. The molecule has 104 valence electrons. The lowest BCUT2D eigenvalue weighted by atomic mass is 10.4. The lowest BCUT2D eigenvalue weighted by Crippen LogP contribution is -2.27. The number of aryl methyl sites for hydroxylation is 2. The number of aromatic nitrogens is 4. The van der Waals surface area contributed by atoms with Crippen molar-refractivity contribution in [1.29, 1.82) is 0 Å². The third-order valence-electron chi connectivity index (χ3n) is 3.08. The maximum atomic E-state index is 11.9. The highest BCUT2D eigenvalue weighted by molar-refractivity contribution is 7.09. The summed E-state index contributed by atoms with van der Waals surface area (Å²) >= 11 is 1.63. The molecule has 0 unspecified atom stereocenters. The van der Waals surface area contributed by atoms with Crippen molar-refractivity contribution in [1.82, 2.24) is 24.9 Å². The molecule has 6 nitrogen and oxygen atoms in total. The van der Waals surface area contributed by atoms with Crippen molar-refractivity contribution in [3.63, 3.8) is 0 Å². The number of carbonyl (C=O) groups is 1. The second kappa shape index (κ2) is 5.09. The van der Waals surface area contributed by atoms with Crippen LogP contribution in [0, 0.1) is 6.92 Å². The van der Waals surface area contributed by atoms with Crippen LogP contribution in [-0.4, -0.2) is 25.5 Å². The van der Waals surface area contributed by atoms with Crippen LogP contribution in [0.3, 0.4) is 0 Å². The van der Waals surface area contributed by atoms with Crippen molar-refractivity contribution in [3.05, 3.63) is 34.3 Å². The molecule has 0 saturated heterocycles. The maximum Gasteiger partial charge on any atom is 0.242 e. The minimum absolute atomic E-state index is 0.0446. The standard InChI is InChI=1S/C13H15N5OS/c1-9-13-11(17(2)15-9)7-18(16-13)8-12(19)14-6-10-4-3-5-20-10/h3-5,7H,6,8H2,1-2H3,(H,14,19). The van der Waals surface area contributed by atoms with E-state index < -0.39 is 0 Å². The van der Waals surface area contributed by atoms with Gasteiger partial charge in [-0.3, -0.25) is 14.2 Å². The van der Waals surface area contributed by atoms with E-state index in [4.69, 9.17) is 0 Å². The lowest BCUT2D eigenvalue weighted by Gasteiger charge is -2.03. The second-order valence-electron chi connectivity index (χ2n) is 4.63. The van der Waals surface area contributed by atoms with Crippen molar-refractivity contribution in [2.45, 2.75) is 20.0 Å². The first-order valence-electron chi connectivity index (χ1n) is 6.29. The molecule has 0 saturated carbocycles. The van der Waals surface area contributed by atoms with E-state index >= 15 is 0 Å². The fourth-order valence-corrected chi connectivity index (χ4v) is 2.76. The molecular formula is C13H15N5OS. The summed E-state index contributed by atoms with van der Waals surface area (Å²) in [7, 11) is 1.87. The molecule has 0 atom stereocenters. The quantitative estimate of drug-likeness (QED) is 0.790. The molecule has 3 heterocycles. The van der Waals surface area contributed by atoms with Gasteiger partial charge in [-0.25, -0.2) is 0 Å². The largest absolute Gasteiger partial charge is 0.350 e. The van der Waals surface area contributed by atoms with Gasteiger partial charge in [-0.15, -0.1) is 11.3 Å². The van der Waals surface area contributed by atoms with Gasteiger partial charge in [-0.2, -0.15) is 10.2 Å². The summed E-state index contributed by atoms with van der Waals surface area (Å²) in [5.74, 6) is -0.0446. The van der Waals surface area contributed by atoms with Gasteiger partial charge in [0.25, 0.3) is 0 Å². The number of amides is 1. The molecule has 0 bridgehead atoms. The maximum absolute atomic E-state index is 11.9. The van der Waals surface area contributed by atoms with E-state index in [0.717, 1.165) is 21.6 Å². The zero-order valence-corrected chi connectivity index (χ0v) is 12.1. The van der Waals surface area contributed by atoms with Gasteiger partial charge in [0.1, 0.15) is 17.6 Å². The van der Waals surface area contributed by atoms with Gasteiger partial charge >= 0.3 is 0 Å². The Balaban J connectivity index is 1.66. The second-order valence-corrected chi connectivity index (χ2v) is 5.66. The van der Waals surface area contributed by atoms with Crippen LogP contribution in [0.5, 0.6) is 0 Å². The van der Waals surface area contributed by atoms with Crippen LogP contribution in [0.25, 0.3) is 11.0 Å². The summed E-state index contributed by atoms with van der Waals surface area (Å²) in [5, 5.41) is 13.6. The zero-order chi connectivity index (χ0) is 14.1. The van der Waals surface area contributed by atoms with Gasteiger partial charge in [0, 0.05) is 11.9 Å². The van der Waals surface area contributed by atoms with Gasteiger partial charge in [-0.05, 0) is 18.4 Å². The first-order valence-corrected chi connectivity index (χ1v) is 7.17. The zero-order valence-electron chi connectivity index (χ0n) is 11.3. The van der Waals surface area contributed by atoms with Gasteiger partial charge < -0.3 is 5.32 Å². The van der Waals surface area contributed by atoms with Crippen molar-refractivity contribution >= 4 is 28.3 Å². The van der Waals surface area contributed by atoms with E-state index in [-0.39, 0.29) is 12.5 Å². The summed E-state index contributed by atoms with van der Waals surface area (Å²) in [6.45, 7) is 2.70. The Labute approximate surface area is 120 Å². The van der Waals surface area contributed by atoms with Gasteiger partial charge in [-0.1, -0.05) is 6.07 Å². The van der Waals surface area contributed by atoms with Crippen LogP contribution < -0.4 is 5.32 Å². The van der Waals surface area contributed by atoms with E-state index in [1.165, 1.54) is 0 Å². The third-order valence-corrected chi connectivity index (χ3v) is 3.96. The summed E-state index contributed by atoms with van der Waals surface area (Å²) in [6.07, 6.45) is 1.85. The molecule has 0 aliphatic heterocycles. The summed E-state index contributed by atoms with van der Waals surface area (Å²) < 4.78 is 3.43. The number of rotatable bonds is 4. The molecule has 0 radical (unpaired) electrons. The van der Waals surface area contributed by atoms with Crippen molar-refractivity contribution < 1.29 is 4.79 Å². The van der Waals surface area contributed by atoms with E-state index in [0.29, 0.717) is 6.54 Å². The molecule has 7 heteroatoms. The van der Waals surface area contributed by atoms with E-state index in [1.54, 1.807) is 20.7 Å². The highest BCUT2D eigenvalue weighted by Crippen LogP contribution is 2.14. The average molecular weight is 289 g/mol. The Kier molecular flexibility index (Phi) is 3.27. The van der Waals surface area contributed by atoms with Crippen LogP contribution >= 0.6 is 11.3 Å². The van der Waals surface area contributed by atoms with E-state index in [2.05, 4.69) is 15.5 Å². The first kappa shape index (κ1) is 12.9. The van der Waals surface area contributed by atoms with E-state index in [9.17, 15) is 4.79 Å². The summed E-state index contributed by atoms with van der Waals surface area (Å²) in [5.41, 5.74) is 2.66. The Morgan fingerprint density at radius 1 is 1.45 bits per heavy atom. The van der Waals surface area contributed by atoms with Crippen molar-refractivity contribution in [2.24, 2.45) is 7.05 Å². The number of nitrogens with zero attached hydrogens (tertiary/aromatic N) is 4. The molecule has 3 aromatic rings. The number of nitrogens with one attached hydrogen (secondary N) is 1. The number of carbonyl (C=O) groups excluding carboxylic acids is 1. The molecule has 0 spiro atoms. The fourth-order valence-electron chi connectivity index (χ4n) is 2.11. The first-order chi connectivity index (χ1) is 9.63. The Bertz CT molecular complexity index is 706. The summed E-state index contributed by atoms with van der Waals surface area (Å²) in [4.78, 5) is 13.0. The lowest BCUT2D eigenvalue weighted by molar-refractivity contribution is -0.122. The Hall–Kier alpha value is -2.15. The Morgan fingerprint density at radius 2 is 2.30 bits per heavy atom. The average Bonchev–Trinajstić information content (AvgIpc) is 3.08. The minimum atomic E-state index is -0.0446. The van der Waals surface area contributed by atoms with Gasteiger partial charge in [0.05, 0.1) is 18.4 Å². The van der Waals surface area contributed by atoms with E-state index in [1.807, 2.05) is 37.7 Å². The van der Waals surface area contributed by atoms with Crippen molar-refractivity contribution in [2.75, 3.05) is 0 Å². The molecular weight excluding hydrogens is 274 g/mol. The number of fused-ring (bicyclic) bond motifs is 1. The molecule has 20 heavy (non-hydrogen) atoms. The highest BCUT2D eigenvalue weighted by Gasteiger charge is 2.11. The number of hydrogen-bond acceptors (Lipinski definition) is 4. The summed E-state index contributed by atoms with van der Waals surface area (Å²) in [6, 6.07) is 3.98. The van der Waals surface area contributed by atoms with Crippen LogP contribution in [-0.2, 0) is 24.9 Å². The third kappa shape index (κ3) is 2.44. The SMILES string of the molecule is Cc1nn(C)c2cn(CC(=O)NCc3cccs3)nc12. The van der Waals surface area contributed by atoms with Crippen LogP contribution in [0.15, 0.2) is 23.7 Å². The fraction of sp³-hybridized carbons (Fsp3) is 0.308. The molecule has 3 aromatic heterocycles. The molecule has 1 amide bonds. The van der Waals surface area contributed by atoms with Crippen molar-refractivity contribution in [3.8, 4) is 0 Å². The molecule has 3 rings (SSSR count). The minimum Gasteiger partial charge on any atom is -0.350 e. The molecule has 1 N–H and O–H groups in total. The smallest absolute Gasteiger partial charge is 0.242 e. The van der Waals surface area contributed by atoms with Crippen LogP contribution in [0.2, 0.25) is 0 Å². The normalized spacial score (nSPS) is 11.1. The molecule has 0 aromatic carbocycles. The monoisotopic (exact) mass is 289 g/mol. The number of hydrogen-bond donors (Lipinski definition) is 1. The highest BCUT2D eigenvalue weighted by atomic mass is 32.1. The van der Waals surface area contributed by atoms with Gasteiger partial charge in [0.2, 0.25) is 5.91 Å². The van der Waals surface area contributed by atoms with Crippen LogP contribution in [0.1, 0.15) is 10.6 Å². The topological polar surface area (TPSA) is 64.7 Å². The molecule has 0 fully saturated rings. The molecule has 0 aliphatic carbocycles. The van der Waals surface area contributed by atoms with Crippen LogP contribution in [0.4, 0.5) is 0 Å². The molecule has 0 aliphatic rings. The number of thiophene rings is 1. The van der Waals surface area contributed by atoms with Gasteiger partial charge in [0.15, 0.2) is 0 Å².